The molecule has 1 aliphatic rings. The van der Waals surface area contributed by atoms with Crippen molar-refractivity contribution in [3.8, 4) is 11.5 Å². The molecule has 1 heterocycles. The van der Waals surface area contributed by atoms with Gasteiger partial charge in [-0.25, -0.2) is 14.2 Å². The Balaban J connectivity index is 1.53. The van der Waals surface area contributed by atoms with Crippen LogP contribution in [-0.4, -0.2) is 40.7 Å². The van der Waals surface area contributed by atoms with E-state index in [9.17, 15) is 14.0 Å². The third-order valence-corrected chi connectivity index (χ3v) is 6.34. The van der Waals surface area contributed by atoms with Crippen LogP contribution in [-0.2, 0) is 11.4 Å². The van der Waals surface area contributed by atoms with Crippen molar-refractivity contribution in [2.24, 2.45) is 4.99 Å². The Morgan fingerprint density at radius 2 is 1.81 bits per heavy atom. The van der Waals surface area contributed by atoms with E-state index in [0.29, 0.717) is 33.8 Å². The first-order valence-corrected chi connectivity index (χ1v) is 11.9. The van der Waals surface area contributed by atoms with Crippen LogP contribution in [0.2, 0.25) is 0 Å². The number of likely N-dealkylation sites (N-methyl/N-ethyl adjacent to an activating group) is 1. The van der Waals surface area contributed by atoms with Gasteiger partial charge >= 0.3 is 5.97 Å². The van der Waals surface area contributed by atoms with E-state index in [1.54, 1.807) is 47.4 Å². The zero-order valence-corrected chi connectivity index (χ0v) is 20.4. The van der Waals surface area contributed by atoms with Crippen LogP contribution in [0.1, 0.15) is 28.4 Å². The Kier molecular flexibility index (Phi) is 7.70. The average Bonchev–Trinajstić information content (AvgIpc) is 3.17. The predicted molar refractivity (Wildman–Crippen MR) is 137 cm³/mol. The number of ether oxygens (including phenoxy) is 2. The molecule has 1 saturated heterocycles. The van der Waals surface area contributed by atoms with Crippen molar-refractivity contribution >= 4 is 40.6 Å². The minimum Gasteiger partial charge on any atom is -0.493 e. The number of thioether (sulfide) groups is 1. The number of benzene rings is 3. The van der Waals surface area contributed by atoms with Crippen molar-refractivity contribution in [3.05, 3.63) is 94.1 Å². The fraction of sp³-hybridized carbons (Fsp3) is 0.148. The number of amidine groups is 1. The SMILES string of the molecule is CCN1C(=O)C(=Cc2ccc(OCc3ccc(F)cc3)c(OC)c2)SC1=Nc1ccc(C(=O)O)cc1. The topological polar surface area (TPSA) is 88.4 Å². The van der Waals surface area contributed by atoms with Crippen molar-refractivity contribution in [1.82, 2.24) is 4.90 Å². The quantitative estimate of drug-likeness (QED) is 0.392. The van der Waals surface area contributed by atoms with Crippen molar-refractivity contribution < 1.29 is 28.6 Å². The number of aliphatic imine (C=N–C) groups is 1. The second-order valence-electron chi connectivity index (χ2n) is 7.73. The van der Waals surface area contributed by atoms with E-state index in [1.165, 1.54) is 43.1 Å². The molecule has 184 valence electrons. The van der Waals surface area contributed by atoms with E-state index in [2.05, 4.69) is 4.99 Å². The molecule has 1 amide bonds. The van der Waals surface area contributed by atoms with Crippen LogP contribution in [0.4, 0.5) is 10.1 Å². The standard InChI is InChI=1S/C27H23FN2O5S/c1-3-30-25(31)24(36-27(30)29-21-11-7-19(8-12-21)26(32)33)15-18-6-13-22(23(14-18)34-2)35-16-17-4-9-20(28)10-5-17/h4-15H,3,16H2,1-2H3,(H,32,33). The van der Waals surface area contributed by atoms with Gasteiger partial charge in [0, 0.05) is 6.54 Å². The number of amides is 1. The van der Waals surface area contributed by atoms with Gasteiger partial charge in [0.05, 0.1) is 23.3 Å². The van der Waals surface area contributed by atoms with Gasteiger partial charge in [0.1, 0.15) is 12.4 Å². The summed E-state index contributed by atoms with van der Waals surface area (Å²) in [6.07, 6.45) is 1.76. The smallest absolute Gasteiger partial charge is 0.335 e. The average molecular weight is 507 g/mol. The van der Waals surface area contributed by atoms with Gasteiger partial charge in [-0.1, -0.05) is 18.2 Å². The highest BCUT2D eigenvalue weighted by Crippen LogP contribution is 2.36. The summed E-state index contributed by atoms with van der Waals surface area (Å²) in [5.74, 6) is -0.460. The lowest BCUT2D eigenvalue weighted by Gasteiger charge is -2.12. The van der Waals surface area contributed by atoms with Gasteiger partial charge in [0.25, 0.3) is 5.91 Å². The van der Waals surface area contributed by atoms with Crippen molar-refractivity contribution in [1.29, 1.82) is 0 Å². The Bertz CT molecular complexity index is 1340. The molecule has 0 bridgehead atoms. The number of methoxy groups -OCH3 is 1. The number of halogens is 1. The summed E-state index contributed by atoms with van der Waals surface area (Å²) in [4.78, 5) is 30.7. The molecule has 3 aromatic carbocycles. The number of nitrogens with zero attached hydrogens (tertiary/aromatic N) is 2. The first-order chi connectivity index (χ1) is 17.4. The Labute approximate surface area is 211 Å². The number of hydrogen-bond acceptors (Lipinski definition) is 6. The van der Waals surface area contributed by atoms with Crippen LogP contribution in [0.15, 0.2) is 76.6 Å². The minimum absolute atomic E-state index is 0.168. The molecule has 1 fully saturated rings. The molecule has 0 spiro atoms. The predicted octanol–water partition coefficient (Wildman–Crippen LogP) is 5.74. The number of carbonyl (C=O) groups is 2. The molecule has 0 aliphatic carbocycles. The first kappa shape index (κ1) is 25.0. The second kappa shape index (κ2) is 11.1. The van der Waals surface area contributed by atoms with E-state index >= 15 is 0 Å². The molecule has 0 radical (unpaired) electrons. The molecule has 3 aromatic rings. The van der Waals surface area contributed by atoms with Gasteiger partial charge in [-0.2, -0.15) is 0 Å². The Hall–Kier alpha value is -4.11. The van der Waals surface area contributed by atoms with E-state index in [0.717, 1.165) is 11.1 Å². The second-order valence-corrected chi connectivity index (χ2v) is 8.74. The molecule has 0 saturated carbocycles. The number of rotatable bonds is 8. The van der Waals surface area contributed by atoms with Crippen molar-refractivity contribution in [3.63, 3.8) is 0 Å². The van der Waals surface area contributed by atoms with Gasteiger partial charge < -0.3 is 14.6 Å². The summed E-state index contributed by atoms with van der Waals surface area (Å²) in [6.45, 7) is 2.56. The Morgan fingerprint density at radius 1 is 1.08 bits per heavy atom. The normalized spacial score (nSPS) is 15.5. The maximum absolute atomic E-state index is 13.1. The molecule has 0 atom stereocenters. The van der Waals surface area contributed by atoms with Gasteiger partial charge in [-0.05, 0) is 84.4 Å². The number of aromatic carboxylic acids is 1. The lowest BCUT2D eigenvalue weighted by molar-refractivity contribution is -0.122. The van der Waals surface area contributed by atoms with E-state index in [4.69, 9.17) is 14.6 Å². The van der Waals surface area contributed by atoms with Crippen LogP contribution in [0.5, 0.6) is 11.5 Å². The fourth-order valence-corrected chi connectivity index (χ4v) is 4.51. The van der Waals surface area contributed by atoms with Crippen molar-refractivity contribution in [2.45, 2.75) is 13.5 Å². The molecule has 36 heavy (non-hydrogen) atoms. The van der Waals surface area contributed by atoms with Crippen LogP contribution >= 0.6 is 11.8 Å². The first-order valence-electron chi connectivity index (χ1n) is 11.1. The summed E-state index contributed by atoms with van der Waals surface area (Å²) in [5.41, 5.74) is 2.29. The van der Waals surface area contributed by atoms with Gasteiger partial charge in [0.2, 0.25) is 0 Å². The summed E-state index contributed by atoms with van der Waals surface area (Å²) in [5, 5.41) is 9.58. The molecule has 1 N–H and O–H groups in total. The van der Waals surface area contributed by atoms with Gasteiger partial charge in [0.15, 0.2) is 16.7 Å². The van der Waals surface area contributed by atoms with E-state index < -0.39 is 5.97 Å². The van der Waals surface area contributed by atoms with Crippen LogP contribution in [0.25, 0.3) is 6.08 Å². The molecule has 0 aromatic heterocycles. The number of carboxylic acid groups (broad SMARTS) is 1. The third kappa shape index (κ3) is 5.75. The van der Waals surface area contributed by atoms with Gasteiger partial charge in [-0.15, -0.1) is 0 Å². The largest absolute Gasteiger partial charge is 0.493 e. The van der Waals surface area contributed by atoms with Gasteiger partial charge in [-0.3, -0.25) is 9.69 Å². The maximum atomic E-state index is 13.1. The third-order valence-electron chi connectivity index (χ3n) is 5.34. The summed E-state index contributed by atoms with van der Waals surface area (Å²) >= 11 is 1.25. The highest BCUT2D eigenvalue weighted by molar-refractivity contribution is 8.18. The van der Waals surface area contributed by atoms with Crippen LogP contribution in [0.3, 0.4) is 0 Å². The van der Waals surface area contributed by atoms with Crippen LogP contribution < -0.4 is 9.47 Å². The highest BCUT2D eigenvalue weighted by atomic mass is 32.2. The molecular weight excluding hydrogens is 483 g/mol. The molecular formula is C27H23FN2O5S. The van der Waals surface area contributed by atoms with Crippen molar-refractivity contribution in [2.75, 3.05) is 13.7 Å². The Morgan fingerprint density at radius 3 is 2.44 bits per heavy atom. The lowest BCUT2D eigenvalue weighted by atomic mass is 10.1. The number of carbonyl (C=O) groups excluding carboxylic acids is 1. The summed E-state index contributed by atoms with van der Waals surface area (Å²) < 4.78 is 24.4. The maximum Gasteiger partial charge on any atom is 0.335 e. The minimum atomic E-state index is -1.01. The fourth-order valence-electron chi connectivity index (χ4n) is 3.45. The monoisotopic (exact) mass is 506 g/mol. The summed E-state index contributed by atoms with van der Waals surface area (Å²) in [7, 11) is 1.53. The number of hydrogen-bond donors (Lipinski definition) is 1. The van der Waals surface area contributed by atoms with Crippen LogP contribution in [0, 0.1) is 5.82 Å². The van der Waals surface area contributed by atoms with E-state index in [-0.39, 0.29) is 23.9 Å². The highest BCUT2D eigenvalue weighted by Gasteiger charge is 2.32. The molecule has 1 aliphatic heterocycles. The zero-order valence-electron chi connectivity index (χ0n) is 19.6. The molecule has 9 heteroatoms. The summed E-state index contributed by atoms with van der Waals surface area (Å²) in [6, 6.07) is 17.6. The molecule has 4 rings (SSSR count). The van der Waals surface area contributed by atoms with E-state index in [1.807, 2.05) is 13.0 Å². The molecule has 7 nitrogen and oxygen atoms in total. The molecule has 0 unspecified atom stereocenters. The number of carboxylic acids is 1. The zero-order chi connectivity index (χ0) is 25.7. The lowest BCUT2D eigenvalue weighted by Crippen LogP contribution is -2.28.